The molecule has 0 radical (unpaired) electrons. The summed E-state index contributed by atoms with van der Waals surface area (Å²) in [5.41, 5.74) is 5.42. The van der Waals surface area contributed by atoms with Gasteiger partial charge in [-0.2, -0.15) is 10.1 Å². The van der Waals surface area contributed by atoms with Crippen molar-refractivity contribution in [3.8, 4) is 17.4 Å². The van der Waals surface area contributed by atoms with E-state index in [1.54, 1.807) is 7.11 Å². The van der Waals surface area contributed by atoms with Gasteiger partial charge in [0.25, 0.3) is 0 Å². The van der Waals surface area contributed by atoms with E-state index < -0.39 is 8.07 Å². The zero-order chi connectivity index (χ0) is 24.1. The number of pyridine rings is 1. The van der Waals surface area contributed by atoms with Crippen molar-refractivity contribution in [3.05, 3.63) is 21.8 Å². The fraction of sp³-hybridized carbons (Fsp3) is 0.625. The van der Waals surface area contributed by atoms with Crippen molar-refractivity contribution in [2.45, 2.75) is 58.6 Å². The normalized spacial score (nSPS) is 21.5. The van der Waals surface area contributed by atoms with Crippen LogP contribution in [0.25, 0.3) is 22.7 Å². The number of imidazole rings is 1. The molecule has 2 aliphatic carbocycles. The first-order valence-electron chi connectivity index (χ1n) is 12.0. The Hall–Kier alpha value is -1.75. The molecule has 0 unspecified atom stereocenters. The number of rotatable bonds is 10. The number of nitrogens with zero attached hydrogens (tertiary/aromatic N) is 4. The van der Waals surface area contributed by atoms with Gasteiger partial charge >= 0.3 is 0 Å². The minimum absolute atomic E-state index is 0.412. The molecular weight excluding hydrogens is 514 g/mol. The standard InChI is InChI=1S/C24H34BrN5O3Si/c1-24-12-15(24)10-16-19(13-24)30(14-32-8-9-34(3,4)5)29-20(16)22-26-18-11-17(25)23(28-21(18)27-22)33-7-6-31-2/h11,15H,6-10,12-14H2,1-5H3,(H,26,27,28)/t15-,24-/m1/s1. The number of H-pyrrole nitrogens is 1. The summed E-state index contributed by atoms with van der Waals surface area (Å²) in [4.78, 5) is 12.9. The molecule has 5 rings (SSSR count). The van der Waals surface area contributed by atoms with E-state index in [1.165, 1.54) is 17.7 Å². The largest absolute Gasteiger partial charge is 0.474 e. The Balaban J connectivity index is 1.43. The van der Waals surface area contributed by atoms with Crippen LogP contribution in [0.1, 0.15) is 24.6 Å². The van der Waals surface area contributed by atoms with Gasteiger partial charge in [-0.05, 0) is 58.6 Å². The minimum Gasteiger partial charge on any atom is -0.474 e. The first kappa shape index (κ1) is 24.0. The molecule has 1 N–H and O–H groups in total. The van der Waals surface area contributed by atoms with Crippen molar-refractivity contribution in [3.63, 3.8) is 0 Å². The molecule has 1 fully saturated rings. The van der Waals surface area contributed by atoms with Gasteiger partial charge in [0.2, 0.25) is 5.88 Å². The lowest BCUT2D eigenvalue weighted by Crippen LogP contribution is -2.23. The summed E-state index contributed by atoms with van der Waals surface area (Å²) >= 11 is 3.55. The molecule has 0 bridgehead atoms. The quantitative estimate of drug-likeness (QED) is 0.282. The van der Waals surface area contributed by atoms with Crippen molar-refractivity contribution >= 4 is 35.2 Å². The molecule has 3 aromatic rings. The lowest BCUT2D eigenvalue weighted by atomic mass is 9.87. The van der Waals surface area contributed by atoms with Crippen LogP contribution in [0, 0.1) is 11.3 Å². The summed E-state index contributed by atoms with van der Waals surface area (Å²) < 4.78 is 19.7. The van der Waals surface area contributed by atoms with Gasteiger partial charge in [0.05, 0.1) is 11.1 Å². The highest BCUT2D eigenvalue weighted by molar-refractivity contribution is 9.10. The van der Waals surface area contributed by atoms with Crippen LogP contribution in [0.5, 0.6) is 5.88 Å². The number of halogens is 1. The molecule has 2 aliphatic rings. The molecule has 1 saturated carbocycles. The predicted molar refractivity (Wildman–Crippen MR) is 138 cm³/mol. The van der Waals surface area contributed by atoms with Crippen molar-refractivity contribution in [1.29, 1.82) is 0 Å². The van der Waals surface area contributed by atoms with E-state index in [0.29, 0.717) is 36.9 Å². The zero-order valence-electron chi connectivity index (χ0n) is 20.7. The number of hydrogen-bond acceptors (Lipinski definition) is 6. The van der Waals surface area contributed by atoms with E-state index in [4.69, 9.17) is 24.3 Å². The monoisotopic (exact) mass is 547 g/mol. The van der Waals surface area contributed by atoms with E-state index in [1.807, 2.05) is 6.07 Å². The van der Waals surface area contributed by atoms with Crippen LogP contribution in [0.3, 0.4) is 0 Å². The first-order chi connectivity index (χ1) is 16.2. The lowest BCUT2D eigenvalue weighted by Gasteiger charge is -2.20. The second kappa shape index (κ2) is 9.04. The number of methoxy groups -OCH3 is 1. The maximum absolute atomic E-state index is 6.09. The number of aromatic nitrogens is 5. The van der Waals surface area contributed by atoms with Crippen molar-refractivity contribution in [2.75, 3.05) is 26.9 Å². The Morgan fingerprint density at radius 3 is 2.82 bits per heavy atom. The highest BCUT2D eigenvalue weighted by Gasteiger charge is 2.54. The third-order valence-corrected chi connectivity index (χ3v) is 9.35. The van der Waals surface area contributed by atoms with E-state index in [9.17, 15) is 0 Å². The van der Waals surface area contributed by atoms with Gasteiger partial charge in [0, 0.05) is 33.0 Å². The Labute approximate surface area is 209 Å². The van der Waals surface area contributed by atoms with Gasteiger partial charge in [0.15, 0.2) is 11.5 Å². The fourth-order valence-electron chi connectivity index (χ4n) is 4.78. The molecular formula is C24H34BrN5O3Si. The number of aromatic amines is 1. The molecule has 184 valence electrons. The highest BCUT2D eigenvalue weighted by atomic mass is 79.9. The summed E-state index contributed by atoms with van der Waals surface area (Å²) in [6.45, 7) is 11.7. The van der Waals surface area contributed by atoms with Crippen molar-refractivity contribution in [2.24, 2.45) is 11.3 Å². The van der Waals surface area contributed by atoms with Crippen LogP contribution >= 0.6 is 15.9 Å². The Kier molecular flexibility index (Phi) is 6.37. The van der Waals surface area contributed by atoms with Gasteiger partial charge in [-0.15, -0.1) is 0 Å². The number of hydrogen-bond donors (Lipinski definition) is 1. The summed E-state index contributed by atoms with van der Waals surface area (Å²) in [6.07, 6.45) is 3.39. The molecule has 34 heavy (non-hydrogen) atoms. The maximum Gasteiger partial charge on any atom is 0.230 e. The second-order valence-corrected chi connectivity index (χ2v) is 17.6. The third-order valence-electron chi connectivity index (χ3n) is 7.08. The summed E-state index contributed by atoms with van der Waals surface area (Å²) in [6, 6.07) is 3.09. The smallest absolute Gasteiger partial charge is 0.230 e. The Morgan fingerprint density at radius 1 is 1.24 bits per heavy atom. The third kappa shape index (κ3) is 4.82. The van der Waals surface area contributed by atoms with E-state index in [0.717, 1.165) is 52.9 Å². The SMILES string of the molecule is COCCOc1nc2[nH]c(-c3nn(COCC[Si](C)(C)C)c4c3C[C@@H]3C[C@]3(C)C4)nc2cc1Br. The van der Waals surface area contributed by atoms with Gasteiger partial charge in [-0.25, -0.2) is 9.67 Å². The van der Waals surface area contributed by atoms with Gasteiger partial charge in [-0.1, -0.05) is 26.6 Å². The van der Waals surface area contributed by atoms with Gasteiger partial charge in [-0.3, -0.25) is 0 Å². The van der Waals surface area contributed by atoms with Crippen molar-refractivity contribution < 1.29 is 14.2 Å². The molecule has 0 aromatic carbocycles. The van der Waals surface area contributed by atoms with Crippen LogP contribution in [-0.2, 0) is 29.0 Å². The molecule has 8 nitrogen and oxygen atoms in total. The summed E-state index contributed by atoms with van der Waals surface area (Å²) in [7, 11) is 0.526. The average Bonchev–Trinajstić information content (AvgIpc) is 3.07. The average molecular weight is 549 g/mol. The van der Waals surface area contributed by atoms with E-state index in [2.05, 4.69) is 57.1 Å². The molecule has 0 amide bonds. The summed E-state index contributed by atoms with van der Waals surface area (Å²) in [5, 5.41) is 5.00. The summed E-state index contributed by atoms with van der Waals surface area (Å²) in [5.74, 6) is 2.02. The minimum atomic E-state index is -1.12. The molecule has 2 atom stereocenters. The molecule has 0 saturated heterocycles. The highest BCUT2D eigenvalue weighted by Crippen LogP contribution is 2.60. The predicted octanol–water partition coefficient (Wildman–Crippen LogP) is 5.05. The number of ether oxygens (including phenoxy) is 3. The van der Waals surface area contributed by atoms with E-state index in [-0.39, 0.29) is 0 Å². The second-order valence-electron chi connectivity index (χ2n) is 11.1. The molecule has 3 aromatic heterocycles. The first-order valence-corrected chi connectivity index (χ1v) is 16.5. The number of fused-ring (bicyclic) bond motifs is 3. The molecule has 0 spiro atoms. The number of nitrogens with one attached hydrogen (secondary N) is 1. The molecule has 10 heteroatoms. The van der Waals surface area contributed by atoms with Crippen molar-refractivity contribution in [1.82, 2.24) is 24.7 Å². The van der Waals surface area contributed by atoms with Gasteiger partial charge < -0.3 is 19.2 Å². The van der Waals surface area contributed by atoms with E-state index >= 15 is 0 Å². The van der Waals surface area contributed by atoms with Crippen LogP contribution in [0.15, 0.2) is 10.5 Å². The Morgan fingerprint density at radius 2 is 2.06 bits per heavy atom. The topological polar surface area (TPSA) is 87.1 Å². The van der Waals surface area contributed by atoms with Crippen LogP contribution in [-0.4, -0.2) is 59.7 Å². The maximum atomic E-state index is 6.09. The fourth-order valence-corrected chi connectivity index (χ4v) is 5.95. The lowest BCUT2D eigenvalue weighted by molar-refractivity contribution is 0.0757. The van der Waals surface area contributed by atoms with Crippen LogP contribution < -0.4 is 4.74 Å². The molecule has 0 aliphatic heterocycles. The zero-order valence-corrected chi connectivity index (χ0v) is 23.3. The Bertz CT molecular complexity index is 1200. The van der Waals surface area contributed by atoms with Crippen LogP contribution in [0.2, 0.25) is 25.7 Å². The van der Waals surface area contributed by atoms with Gasteiger partial charge in [0.1, 0.15) is 24.5 Å². The van der Waals surface area contributed by atoms with Crippen LogP contribution in [0.4, 0.5) is 0 Å². The molecule has 3 heterocycles.